The van der Waals surface area contributed by atoms with Crippen LogP contribution in [0.15, 0.2) is 53.3 Å². The highest BCUT2D eigenvalue weighted by atomic mass is 35.5. The first-order valence-electron chi connectivity index (χ1n) is 10.9. The summed E-state index contributed by atoms with van der Waals surface area (Å²) < 4.78 is 7.09. The van der Waals surface area contributed by atoms with Crippen LogP contribution in [0.2, 0.25) is 5.02 Å². The Morgan fingerprint density at radius 1 is 1.12 bits per heavy atom. The van der Waals surface area contributed by atoms with Crippen molar-refractivity contribution in [2.75, 3.05) is 6.54 Å². The smallest absolute Gasteiger partial charge is 0.410 e. The van der Waals surface area contributed by atoms with Crippen molar-refractivity contribution in [3.63, 3.8) is 0 Å². The minimum atomic E-state index is -0.561. The van der Waals surface area contributed by atoms with Gasteiger partial charge in [-0.2, -0.15) is 5.10 Å². The lowest BCUT2D eigenvalue weighted by Crippen LogP contribution is -2.43. The molecule has 32 heavy (non-hydrogen) atoms. The van der Waals surface area contributed by atoms with Gasteiger partial charge in [0.2, 0.25) is 0 Å². The zero-order valence-corrected chi connectivity index (χ0v) is 19.4. The Morgan fingerprint density at radius 2 is 1.81 bits per heavy atom. The molecule has 0 saturated carbocycles. The molecule has 2 heterocycles. The molecule has 1 atom stereocenters. The standard InChI is InChI=1S/C25H28ClN3O3/c1-25(2,3)32-24(31)28-14-6-7-19(28)16-29-23(30)21-9-5-4-8-20(21)22(27-29)15-17-10-12-18(26)13-11-17/h4-5,8-13,19H,6-7,14-16H2,1-3H3/t19-/m0/s1. The van der Waals surface area contributed by atoms with Crippen molar-refractivity contribution in [1.29, 1.82) is 0 Å². The van der Waals surface area contributed by atoms with Crippen LogP contribution >= 0.6 is 11.6 Å². The van der Waals surface area contributed by atoms with E-state index >= 15 is 0 Å². The topological polar surface area (TPSA) is 64.4 Å². The van der Waals surface area contributed by atoms with E-state index in [1.165, 1.54) is 4.68 Å². The van der Waals surface area contributed by atoms with E-state index < -0.39 is 5.60 Å². The van der Waals surface area contributed by atoms with E-state index in [1.54, 1.807) is 4.90 Å². The molecule has 1 aromatic heterocycles. The number of aromatic nitrogens is 2. The number of amides is 1. The summed E-state index contributed by atoms with van der Waals surface area (Å²) in [6.45, 7) is 6.54. The van der Waals surface area contributed by atoms with Crippen molar-refractivity contribution in [1.82, 2.24) is 14.7 Å². The van der Waals surface area contributed by atoms with E-state index in [2.05, 4.69) is 0 Å². The lowest BCUT2D eigenvalue weighted by molar-refractivity contribution is 0.0210. The molecule has 6 nitrogen and oxygen atoms in total. The third kappa shape index (κ3) is 4.96. The molecule has 7 heteroatoms. The first kappa shape index (κ1) is 22.3. The Bertz CT molecular complexity index is 1180. The van der Waals surface area contributed by atoms with Gasteiger partial charge in [-0.05, 0) is 57.4 Å². The van der Waals surface area contributed by atoms with E-state index in [0.29, 0.717) is 29.9 Å². The minimum Gasteiger partial charge on any atom is -0.444 e. The fourth-order valence-electron chi connectivity index (χ4n) is 4.14. The molecule has 4 rings (SSSR count). The molecule has 1 aliphatic rings. The van der Waals surface area contributed by atoms with Gasteiger partial charge in [0.05, 0.1) is 23.7 Å². The molecule has 1 fully saturated rings. The number of hydrogen-bond acceptors (Lipinski definition) is 4. The highest BCUT2D eigenvalue weighted by Gasteiger charge is 2.33. The molecule has 0 unspecified atom stereocenters. The number of halogens is 1. The summed E-state index contributed by atoms with van der Waals surface area (Å²) in [7, 11) is 0. The van der Waals surface area contributed by atoms with Crippen LogP contribution in [0.1, 0.15) is 44.9 Å². The van der Waals surface area contributed by atoms with Gasteiger partial charge in [-0.25, -0.2) is 9.48 Å². The maximum Gasteiger partial charge on any atom is 0.410 e. The Morgan fingerprint density at radius 3 is 2.50 bits per heavy atom. The van der Waals surface area contributed by atoms with Crippen LogP contribution in [0.25, 0.3) is 10.8 Å². The van der Waals surface area contributed by atoms with Crippen LogP contribution in [0.4, 0.5) is 4.79 Å². The molecule has 0 N–H and O–H groups in total. The molecule has 0 radical (unpaired) electrons. The third-order valence-corrected chi connectivity index (χ3v) is 5.87. The molecule has 1 saturated heterocycles. The summed E-state index contributed by atoms with van der Waals surface area (Å²) in [5.74, 6) is 0. The lowest BCUT2D eigenvalue weighted by Gasteiger charge is -2.28. The number of hydrogen-bond donors (Lipinski definition) is 0. The lowest BCUT2D eigenvalue weighted by atomic mass is 10.0. The van der Waals surface area contributed by atoms with Crippen LogP contribution in [0, 0.1) is 0 Å². The summed E-state index contributed by atoms with van der Waals surface area (Å²) >= 11 is 6.03. The van der Waals surface area contributed by atoms with E-state index in [4.69, 9.17) is 21.4 Å². The summed E-state index contributed by atoms with van der Waals surface area (Å²) in [6, 6.07) is 15.1. The quantitative estimate of drug-likeness (QED) is 0.555. The number of ether oxygens (including phenoxy) is 1. The van der Waals surface area contributed by atoms with Gasteiger partial charge in [0.25, 0.3) is 5.56 Å². The molecule has 0 aliphatic carbocycles. The number of likely N-dealkylation sites (tertiary alicyclic amines) is 1. The van der Waals surface area contributed by atoms with Crippen LogP contribution in [0.3, 0.4) is 0 Å². The van der Waals surface area contributed by atoms with Crippen molar-refractivity contribution < 1.29 is 9.53 Å². The number of nitrogens with zero attached hydrogens (tertiary/aromatic N) is 3. The zero-order chi connectivity index (χ0) is 22.9. The van der Waals surface area contributed by atoms with Crippen LogP contribution < -0.4 is 5.56 Å². The van der Waals surface area contributed by atoms with Crippen molar-refractivity contribution in [3.8, 4) is 0 Å². The first-order chi connectivity index (χ1) is 15.2. The highest BCUT2D eigenvalue weighted by Crippen LogP contribution is 2.23. The number of carbonyl (C=O) groups excluding carboxylic acids is 1. The second kappa shape index (κ2) is 8.94. The fraction of sp³-hybridized carbons (Fsp3) is 0.400. The fourth-order valence-corrected chi connectivity index (χ4v) is 4.27. The van der Waals surface area contributed by atoms with Crippen LogP contribution in [0.5, 0.6) is 0 Å². The largest absolute Gasteiger partial charge is 0.444 e. The molecule has 0 spiro atoms. The molecule has 1 aliphatic heterocycles. The SMILES string of the molecule is CC(C)(C)OC(=O)N1CCC[C@H]1Cn1nc(Cc2ccc(Cl)cc2)c2ccccc2c1=O. The average molecular weight is 454 g/mol. The normalized spacial score (nSPS) is 16.5. The van der Waals surface area contributed by atoms with Gasteiger partial charge in [0, 0.05) is 23.4 Å². The van der Waals surface area contributed by atoms with Gasteiger partial charge in [-0.1, -0.05) is 41.9 Å². The van der Waals surface area contributed by atoms with E-state index in [-0.39, 0.29) is 17.7 Å². The number of rotatable bonds is 4. The van der Waals surface area contributed by atoms with Gasteiger partial charge < -0.3 is 9.64 Å². The van der Waals surface area contributed by atoms with E-state index in [9.17, 15) is 9.59 Å². The van der Waals surface area contributed by atoms with Gasteiger partial charge in [0.15, 0.2) is 0 Å². The third-order valence-electron chi connectivity index (χ3n) is 5.62. The second-order valence-corrected chi connectivity index (χ2v) is 9.69. The highest BCUT2D eigenvalue weighted by molar-refractivity contribution is 6.30. The van der Waals surface area contributed by atoms with Crippen molar-refractivity contribution in [2.45, 2.75) is 58.2 Å². The second-order valence-electron chi connectivity index (χ2n) is 9.25. The summed E-state index contributed by atoms with van der Waals surface area (Å²) in [5, 5.41) is 6.90. The Balaban J connectivity index is 1.66. The molecule has 0 bridgehead atoms. The van der Waals surface area contributed by atoms with Crippen LogP contribution in [-0.4, -0.2) is 39.0 Å². The van der Waals surface area contributed by atoms with Gasteiger partial charge in [-0.15, -0.1) is 0 Å². The average Bonchev–Trinajstić information content (AvgIpc) is 3.20. The molecule has 2 aromatic carbocycles. The van der Waals surface area contributed by atoms with Gasteiger partial charge >= 0.3 is 6.09 Å². The zero-order valence-electron chi connectivity index (χ0n) is 18.7. The Kier molecular flexibility index (Phi) is 6.24. The number of benzene rings is 2. The molecule has 168 valence electrons. The Hall–Kier alpha value is -2.86. The predicted octanol–water partition coefficient (Wildman–Crippen LogP) is 5.04. The number of carbonyl (C=O) groups is 1. The maximum atomic E-state index is 13.2. The minimum absolute atomic E-state index is 0.125. The molecule has 3 aromatic rings. The monoisotopic (exact) mass is 453 g/mol. The maximum absolute atomic E-state index is 13.2. The molecule has 1 amide bonds. The van der Waals surface area contributed by atoms with Crippen LogP contribution in [-0.2, 0) is 17.7 Å². The molecular weight excluding hydrogens is 426 g/mol. The Labute approximate surface area is 192 Å². The summed E-state index contributed by atoms with van der Waals surface area (Å²) in [6.07, 6.45) is 1.94. The van der Waals surface area contributed by atoms with E-state index in [0.717, 1.165) is 29.5 Å². The first-order valence-corrected chi connectivity index (χ1v) is 11.3. The van der Waals surface area contributed by atoms with Crippen molar-refractivity contribution >= 4 is 28.5 Å². The summed E-state index contributed by atoms with van der Waals surface area (Å²) in [5.41, 5.74) is 1.18. The predicted molar refractivity (Wildman–Crippen MR) is 126 cm³/mol. The van der Waals surface area contributed by atoms with E-state index in [1.807, 2.05) is 69.3 Å². The van der Waals surface area contributed by atoms with Gasteiger partial charge in [-0.3, -0.25) is 4.79 Å². The van der Waals surface area contributed by atoms with Gasteiger partial charge in [0.1, 0.15) is 5.60 Å². The van der Waals surface area contributed by atoms with Crippen molar-refractivity contribution in [3.05, 3.63) is 75.2 Å². The van der Waals surface area contributed by atoms with Crippen molar-refractivity contribution in [2.24, 2.45) is 0 Å². The summed E-state index contributed by atoms with van der Waals surface area (Å²) in [4.78, 5) is 27.6. The number of fused-ring (bicyclic) bond motifs is 1. The molecular formula is C25H28ClN3O3.